The molecule has 2 N–H and O–H groups in total. The standard InChI is InChI=1S/C13H21BrN2S/c1-10(6-7-17-3)16(2)9-11-8-12(15)4-5-13(11)14/h4-5,8,10H,6-7,9,15H2,1-3H3. The highest BCUT2D eigenvalue weighted by molar-refractivity contribution is 9.10. The summed E-state index contributed by atoms with van der Waals surface area (Å²) in [6, 6.07) is 6.58. The first-order chi connectivity index (χ1) is 8.04. The largest absolute Gasteiger partial charge is 0.399 e. The van der Waals surface area contributed by atoms with E-state index in [9.17, 15) is 0 Å². The predicted octanol–water partition coefficient (Wildman–Crippen LogP) is 3.60. The van der Waals surface area contributed by atoms with Crippen molar-refractivity contribution in [3.63, 3.8) is 0 Å². The van der Waals surface area contributed by atoms with E-state index >= 15 is 0 Å². The molecular weight excluding hydrogens is 296 g/mol. The minimum atomic E-state index is 0.593. The number of benzene rings is 1. The van der Waals surface area contributed by atoms with E-state index in [1.165, 1.54) is 17.7 Å². The molecule has 0 saturated heterocycles. The molecule has 1 rings (SSSR count). The van der Waals surface area contributed by atoms with Gasteiger partial charge in [-0.3, -0.25) is 4.90 Å². The SMILES string of the molecule is CSCCC(C)N(C)Cc1cc(N)ccc1Br. The molecule has 0 heterocycles. The number of nitrogen functional groups attached to an aromatic ring is 1. The summed E-state index contributed by atoms with van der Waals surface area (Å²) < 4.78 is 1.13. The fourth-order valence-corrected chi connectivity index (χ4v) is 2.60. The molecule has 0 fully saturated rings. The Morgan fingerprint density at radius 3 is 2.82 bits per heavy atom. The topological polar surface area (TPSA) is 29.3 Å². The maximum atomic E-state index is 5.82. The van der Waals surface area contributed by atoms with Gasteiger partial charge in [0.15, 0.2) is 0 Å². The van der Waals surface area contributed by atoms with Gasteiger partial charge in [-0.15, -0.1) is 0 Å². The normalized spacial score (nSPS) is 13.0. The minimum Gasteiger partial charge on any atom is -0.399 e. The molecule has 0 radical (unpaired) electrons. The Morgan fingerprint density at radius 1 is 1.47 bits per heavy atom. The van der Waals surface area contributed by atoms with Crippen LogP contribution in [0.4, 0.5) is 5.69 Å². The molecule has 4 heteroatoms. The Bertz CT molecular complexity index is 357. The zero-order valence-electron chi connectivity index (χ0n) is 10.7. The lowest BCUT2D eigenvalue weighted by Crippen LogP contribution is -2.29. The monoisotopic (exact) mass is 316 g/mol. The molecule has 0 aliphatic heterocycles. The zero-order chi connectivity index (χ0) is 12.8. The number of hydrogen-bond acceptors (Lipinski definition) is 3. The van der Waals surface area contributed by atoms with E-state index in [0.29, 0.717) is 6.04 Å². The van der Waals surface area contributed by atoms with E-state index in [2.05, 4.69) is 41.1 Å². The molecule has 0 saturated carbocycles. The predicted molar refractivity (Wildman–Crippen MR) is 82.5 cm³/mol. The number of thioether (sulfide) groups is 1. The van der Waals surface area contributed by atoms with Gasteiger partial charge in [0.1, 0.15) is 0 Å². The van der Waals surface area contributed by atoms with Gasteiger partial charge in [-0.25, -0.2) is 0 Å². The Kier molecular flexibility index (Phi) is 6.38. The third-order valence-corrected chi connectivity index (χ3v) is 4.40. The smallest absolute Gasteiger partial charge is 0.0318 e. The molecule has 1 atom stereocenters. The van der Waals surface area contributed by atoms with E-state index in [0.717, 1.165) is 16.7 Å². The molecule has 0 amide bonds. The van der Waals surface area contributed by atoms with Crippen molar-refractivity contribution in [2.24, 2.45) is 0 Å². The van der Waals surface area contributed by atoms with Gasteiger partial charge in [0.25, 0.3) is 0 Å². The van der Waals surface area contributed by atoms with Crippen molar-refractivity contribution in [2.45, 2.75) is 25.9 Å². The van der Waals surface area contributed by atoms with Crippen LogP contribution in [0, 0.1) is 0 Å². The molecule has 0 aliphatic rings. The van der Waals surface area contributed by atoms with Gasteiger partial charge in [0.05, 0.1) is 0 Å². The van der Waals surface area contributed by atoms with Crippen LogP contribution in [0.1, 0.15) is 18.9 Å². The summed E-state index contributed by atoms with van der Waals surface area (Å²) in [5.74, 6) is 1.21. The van der Waals surface area contributed by atoms with Crippen LogP contribution in [0.15, 0.2) is 22.7 Å². The Morgan fingerprint density at radius 2 is 2.18 bits per heavy atom. The molecule has 0 aromatic heterocycles. The lowest BCUT2D eigenvalue weighted by molar-refractivity contribution is 0.244. The third-order valence-electron chi connectivity index (χ3n) is 2.98. The van der Waals surface area contributed by atoms with Gasteiger partial charge >= 0.3 is 0 Å². The van der Waals surface area contributed by atoms with Crippen LogP contribution in [-0.2, 0) is 6.54 Å². The van der Waals surface area contributed by atoms with Crippen molar-refractivity contribution < 1.29 is 0 Å². The van der Waals surface area contributed by atoms with Crippen molar-refractivity contribution in [3.05, 3.63) is 28.2 Å². The average molecular weight is 317 g/mol. The molecule has 2 nitrogen and oxygen atoms in total. The molecule has 1 unspecified atom stereocenters. The number of hydrogen-bond donors (Lipinski definition) is 1. The van der Waals surface area contributed by atoms with Crippen molar-refractivity contribution in [3.8, 4) is 0 Å². The van der Waals surface area contributed by atoms with Crippen LogP contribution in [0.5, 0.6) is 0 Å². The van der Waals surface area contributed by atoms with E-state index in [-0.39, 0.29) is 0 Å². The van der Waals surface area contributed by atoms with E-state index in [4.69, 9.17) is 5.73 Å². The highest BCUT2D eigenvalue weighted by Gasteiger charge is 2.11. The van der Waals surface area contributed by atoms with Crippen LogP contribution < -0.4 is 5.73 Å². The van der Waals surface area contributed by atoms with Gasteiger partial charge in [0.2, 0.25) is 0 Å². The molecule has 96 valence electrons. The zero-order valence-corrected chi connectivity index (χ0v) is 13.1. The maximum absolute atomic E-state index is 5.82. The fourth-order valence-electron chi connectivity index (χ4n) is 1.65. The first kappa shape index (κ1) is 14.9. The highest BCUT2D eigenvalue weighted by atomic mass is 79.9. The molecule has 0 spiro atoms. The maximum Gasteiger partial charge on any atom is 0.0318 e. The van der Waals surface area contributed by atoms with Crippen LogP contribution >= 0.6 is 27.7 Å². The summed E-state index contributed by atoms with van der Waals surface area (Å²) in [5.41, 5.74) is 7.90. The van der Waals surface area contributed by atoms with Crippen LogP contribution in [-0.4, -0.2) is 30.0 Å². The van der Waals surface area contributed by atoms with Crippen LogP contribution in [0.25, 0.3) is 0 Å². The van der Waals surface area contributed by atoms with E-state index < -0.39 is 0 Å². The number of halogens is 1. The van der Waals surface area contributed by atoms with Gasteiger partial charge in [-0.1, -0.05) is 15.9 Å². The molecule has 1 aromatic carbocycles. The first-order valence-corrected chi connectivity index (χ1v) is 7.96. The minimum absolute atomic E-state index is 0.593. The number of nitrogens with zero attached hydrogens (tertiary/aromatic N) is 1. The second kappa shape index (κ2) is 7.29. The quantitative estimate of drug-likeness (QED) is 0.813. The summed E-state index contributed by atoms with van der Waals surface area (Å²) in [6.07, 6.45) is 3.37. The van der Waals surface area contributed by atoms with Gasteiger partial charge in [0, 0.05) is 22.7 Å². The summed E-state index contributed by atoms with van der Waals surface area (Å²) in [5, 5.41) is 0. The van der Waals surface area contributed by atoms with Crippen molar-refractivity contribution in [2.75, 3.05) is 24.8 Å². The van der Waals surface area contributed by atoms with Gasteiger partial charge in [-0.05, 0) is 56.2 Å². The fraction of sp³-hybridized carbons (Fsp3) is 0.538. The Balaban J connectivity index is 2.60. The van der Waals surface area contributed by atoms with Gasteiger partial charge in [-0.2, -0.15) is 11.8 Å². The third kappa shape index (κ3) is 4.90. The highest BCUT2D eigenvalue weighted by Crippen LogP contribution is 2.22. The summed E-state index contributed by atoms with van der Waals surface area (Å²) in [7, 11) is 2.17. The number of nitrogens with two attached hydrogens (primary N) is 1. The molecule has 0 aliphatic carbocycles. The van der Waals surface area contributed by atoms with Crippen molar-refractivity contribution in [1.29, 1.82) is 0 Å². The second-order valence-electron chi connectivity index (χ2n) is 4.40. The molecule has 1 aromatic rings. The van der Waals surface area contributed by atoms with Gasteiger partial charge < -0.3 is 5.73 Å². The molecule has 17 heavy (non-hydrogen) atoms. The van der Waals surface area contributed by atoms with E-state index in [1.54, 1.807) is 0 Å². The molecular formula is C13H21BrN2S. The summed E-state index contributed by atoms with van der Waals surface area (Å²) in [6.45, 7) is 3.21. The average Bonchev–Trinajstić information content (AvgIpc) is 2.30. The van der Waals surface area contributed by atoms with Crippen LogP contribution in [0.3, 0.4) is 0 Å². The lowest BCUT2D eigenvalue weighted by atomic mass is 10.1. The Hall–Kier alpha value is -0.190. The van der Waals surface area contributed by atoms with Crippen LogP contribution in [0.2, 0.25) is 0 Å². The van der Waals surface area contributed by atoms with E-state index in [1.807, 2.05) is 30.0 Å². The Labute approximate surface area is 117 Å². The number of anilines is 1. The lowest BCUT2D eigenvalue weighted by Gasteiger charge is -2.25. The molecule has 0 bridgehead atoms. The van der Waals surface area contributed by atoms with Crippen molar-refractivity contribution in [1.82, 2.24) is 4.90 Å². The first-order valence-electron chi connectivity index (χ1n) is 5.77. The second-order valence-corrected chi connectivity index (χ2v) is 6.24. The number of rotatable bonds is 6. The summed E-state index contributed by atoms with van der Waals surface area (Å²) >= 11 is 5.48. The summed E-state index contributed by atoms with van der Waals surface area (Å²) in [4.78, 5) is 2.37. The van der Waals surface area contributed by atoms with Crippen molar-refractivity contribution >= 4 is 33.4 Å².